The molecule has 3 aromatic carbocycles. The van der Waals surface area contributed by atoms with Gasteiger partial charge in [-0.1, -0.05) is 40.9 Å². The van der Waals surface area contributed by atoms with Crippen LogP contribution in [-0.2, 0) is 13.2 Å². The predicted molar refractivity (Wildman–Crippen MR) is 125 cm³/mol. The number of halogens is 3. The van der Waals surface area contributed by atoms with Gasteiger partial charge >= 0.3 is 5.69 Å². The molecule has 0 atom stereocenters. The molecule has 0 radical (unpaired) electrons. The van der Waals surface area contributed by atoms with Crippen molar-refractivity contribution in [3.63, 3.8) is 0 Å². The third kappa shape index (κ3) is 4.77. The first kappa shape index (κ1) is 21.4. The van der Waals surface area contributed by atoms with Gasteiger partial charge in [0.2, 0.25) is 0 Å². The summed E-state index contributed by atoms with van der Waals surface area (Å²) in [6, 6.07) is 14.4. The molecule has 0 fully saturated rings. The van der Waals surface area contributed by atoms with Crippen molar-refractivity contribution >= 4 is 51.5 Å². The van der Waals surface area contributed by atoms with Crippen molar-refractivity contribution in [1.29, 1.82) is 0 Å². The number of ether oxygens (including phenoxy) is 2. The summed E-state index contributed by atoms with van der Waals surface area (Å²) in [5, 5.41) is 4.87. The van der Waals surface area contributed by atoms with Crippen LogP contribution in [0.4, 0.5) is 5.69 Å². The van der Waals surface area contributed by atoms with Crippen molar-refractivity contribution in [2.45, 2.75) is 13.2 Å². The normalized spacial score (nSPS) is 11.0. The van der Waals surface area contributed by atoms with Crippen LogP contribution in [0, 0.1) is 0 Å². The number of rotatable bonds is 7. The first-order valence-electron chi connectivity index (χ1n) is 9.32. The molecule has 0 aliphatic rings. The number of benzene rings is 3. The standard InChI is InChI=1S/C22H18Cl3N3O3/c1-30-20-7-12(10-26-13-5-6-18-19(8-13)28-22(29)27-18)17(25)9-21(20)31-11-14-15(23)3-2-4-16(14)24/h2-9,26H,10-11H2,1H3,(H2,27,28,29). The maximum atomic E-state index is 11.4. The van der Waals surface area contributed by atoms with E-state index in [-0.39, 0.29) is 12.3 Å². The van der Waals surface area contributed by atoms with E-state index in [2.05, 4.69) is 15.3 Å². The minimum absolute atomic E-state index is 0.178. The minimum atomic E-state index is -0.242. The number of nitrogens with one attached hydrogen (secondary N) is 3. The van der Waals surface area contributed by atoms with Crippen LogP contribution in [0.25, 0.3) is 11.0 Å². The summed E-state index contributed by atoms with van der Waals surface area (Å²) in [5.41, 5.74) is 3.58. The van der Waals surface area contributed by atoms with Gasteiger partial charge in [0.25, 0.3) is 0 Å². The van der Waals surface area contributed by atoms with Gasteiger partial charge in [0.15, 0.2) is 11.5 Å². The average Bonchev–Trinajstić information content (AvgIpc) is 3.12. The molecule has 31 heavy (non-hydrogen) atoms. The summed E-state index contributed by atoms with van der Waals surface area (Å²) < 4.78 is 11.4. The molecule has 1 aromatic heterocycles. The fraction of sp³-hybridized carbons (Fsp3) is 0.136. The van der Waals surface area contributed by atoms with E-state index in [0.29, 0.717) is 38.7 Å². The molecular weight excluding hydrogens is 461 g/mol. The highest BCUT2D eigenvalue weighted by Crippen LogP contribution is 2.35. The largest absolute Gasteiger partial charge is 0.493 e. The van der Waals surface area contributed by atoms with E-state index >= 15 is 0 Å². The van der Waals surface area contributed by atoms with E-state index in [1.54, 1.807) is 31.4 Å². The number of H-pyrrole nitrogens is 2. The molecule has 0 amide bonds. The zero-order valence-electron chi connectivity index (χ0n) is 16.4. The Morgan fingerprint density at radius 2 is 1.65 bits per heavy atom. The second-order valence-electron chi connectivity index (χ2n) is 6.78. The number of aromatic nitrogens is 2. The Morgan fingerprint density at radius 3 is 2.39 bits per heavy atom. The van der Waals surface area contributed by atoms with Gasteiger partial charge in [0, 0.05) is 38.9 Å². The summed E-state index contributed by atoms with van der Waals surface area (Å²) in [4.78, 5) is 16.9. The molecule has 0 unspecified atom stereocenters. The maximum absolute atomic E-state index is 11.4. The molecule has 0 saturated heterocycles. The fourth-order valence-corrected chi connectivity index (χ4v) is 3.87. The van der Waals surface area contributed by atoms with Crippen LogP contribution in [-0.4, -0.2) is 17.1 Å². The molecule has 0 aliphatic heterocycles. The number of fused-ring (bicyclic) bond motifs is 1. The van der Waals surface area contributed by atoms with E-state index in [0.717, 1.165) is 22.3 Å². The average molecular weight is 479 g/mol. The number of anilines is 1. The van der Waals surface area contributed by atoms with Crippen molar-refractivity contribution in [3.05, 3.63) is 85.2 Å². The van der Waals surface area contributed by atoms with E-state index in [4.69, 9.17) is 44.3 Å². The lowest BCUT2D eigenvalue weighted by molar-refractivity contribution is 0.284. The molecule has 0 saturated carbocycles. The highest BCUT2D eigenvalue weighted by Gasteiger charge is 2.13. The van der Waals surface area contributed by atoms with Crippen molar-refractivity contribution in [2.24, 2.45) is 0 Å². The lowest BCUT2D eigenvalue weighted by Gasteiger charge is -2.15. The first-order valence-corrected chi connectivity index (χ1v) is 10.5. The van der Waals surface area contributed by atoms with Gasteiger partial charge in [-0.3, -0.25) is 0 Å². The van der Waals surface area contributed by atoms with Crippen molar-refractivity contribution in [2.75, 3.05) is 12.4 Å². The molecule has 4 rings (SSSR count). The number of aromatic amines is 2. The van der Waals surface area contributed by atoms with Crippen LogP contribution >= 0.6 is 34.8 Å². The number of imidazole rings is 1. The van der Waals surface area contributed by atoms with E-state index in [9.17, 15) is 4.79 Å². The first-order chi connectivity index (χ1) is 14.9. The number of methoxy groups -OCH3 is 1. The van der Waals surface area contributed by atoms with Gasteiger partial charge in [-0.05, 0) is 42.0 Å². The van der Waals surface area contributed by atoms with Gasteiger partial charge in [-0.25, -0.2) is 4.79 Å². The zero-order chi connectivity index (χ0) is 22.0. The van der Waals surface area contributed by atoms with Gasteiger partial charge in [0.1, 0.15) is 6.61 Å². The monoisotopic (exact) mass is 477 g/mol. The zero-order valence-corrected chi connectivity index (χ0v) is 18.7. The molecule has 4 aromatic rings. The Balaban J connectivity index is 1.50. The van der Waals surface area contributed by atoms with E-state index < -0.39 is 0 Å². The third-order valence-electron chi connectivity index (χ3n) is 4.77. The minimum Gasteiger partial charge on any atom is -0.493 e. The maximum Gasteiger partial charge on any atom is 0.323 e. The summed E-state index contributed by atoms with van der Waals surface area (Å²) in [7, 11) is 1.56. The third-order valence-corrected chi connectivity index (χ3v) is 5.83. The van der Waals surface area contributed by atoms with Crippen LogP contribution in [0.5, 0.6) is 11.5 Å². The Bertz CT molecular complexity index is 1280. The highest BCUT2D eigenvalue weighted by atomic mass is 35.5. The predicted octanol–water partition coefficient (Wildman–Crippen LogP) is 6.02. The van der Waals surface area contributed by atoms with Crippen molar-refractivity contribution in [1.82, 2.24) is 9.97 Å². The van der Waals surface area contributed by atoms with Crippen LogP contribution in [0.1, 0.15) is 11.1 Å². The Hall–Kier alpha value is -2.80. The molecule has 6 nitrogen and oxygen atoms in total. The molecule has 0 bridgehead atoms. The molecule has 9 heteroatoms. The smallest absolute Gasteiger partial charge is 0.323 e. The van der Waals surface area contributed by atoms with E-state index in [1.165, 1.54) is 0 Å². The Kier molecular flexibility index (Phi) is 6.32. The van der Waals surface area contributed by atoms with E-state index in [1.807, 2.05) is 24.3 Å². The quantitative estimate of drug-likeness (QED) is 0.304. The van der Waals surface area contributed by atoms with Crippen molar-refractivity contribution < 1.29 is 9.47 Å². The SMILES string of the molecule is COc1cc(CNc2ccc3[nH]c(=O)[nH]c3c2)c(Cl)cc1OCc1c(Cl)cccc1Cl. The van der Waals surface area contributed by atoms with Crippen LogP contribution in [0.3, 0.4) is 0 Å². The highest BCUT2D eigenvalue weighted by molar-refractivity contribution is 6.36. The second kappa shape index (κ2) is 9.14. The van der Waals surface area contributed by atoms with Gasteiger partial charge in [-0.2, -0.15) is 0 Å². The fourth-order valence-electron chi connectivity index (χ4n) is 3.14. The lowest BCUT2D eigenvalue weighted by Crippen LogP contribution is -2.03. The Morgan fingerprint density at radius 1 is 0.903 bits per heavy atom. The number of hydrogen-bond donors (Lipinski definition) is 3. The molecule has 0 aliphatic carbocycles. The lowest BCUT2D eigenvalue weighted by atomic mass is 10.2. The number of hydrogen-bond acceptors (Lipinski definition) is 4. The van der Waals surface area contributed by atoms with Crippen LogP contribution in [0.15, 0.2) is 53.3 Å². The van der Waals surface area contributed by atoms with Gasteiger partial charge in [0.05, 0.1) is 18.1 Å². The summed E-state index contributed by atoms with van der Waals surface area (Å²) in [6.45, 7) is 0.629. The van der Waals surface area contributed by atoms with Gasteiger partial charge in [-0.15, -0.1) is 0 Å². The molecular formula is C22H18Cl3N3O3. The molecule has 0 spiro atoms. The Labute approximate surface area is 193 Å². The summed E-state index contributed by atoms with van der Waals surface area (Å²) >= 11 is 18.9. The van der Waals surface area contributed by atoms with Crippen molar-refractivity contribution in [3.8, 4) is 11.5 Å². The van der Waals surface area contributed by atoms with Gasteiger partial charge < -0.3 is 24.8 Å². The molecule has 160 valence electrons. The molecule has 1 heterocycles. The topological polar surface area (TPSA) is 79.1 Å². The summed E-state index contributed by atoms with van der Waals surface area (Å²) in [6.07, 6.45) is 0. The van der Waals surface area contributed by atoms with Crippen LogP contribution in [0.2, 0.25) is 15.1 Å². The summed E-state index contributed by atoms with van der Waals surface area (Å²) in [5.74, 6) is 1.02. The molecule has 3 N–H and O–H groups in total. The van der Waals surface area contributed by atoms with Crippen LogP contribution < -0.4 is 20.5 Å². The second-order valence-corrected chi connectivity index (χ2v) is 8.00.